The Morgan fingerprint density at radius 2 is 2.25 bits per heavy atom. The van der Waals surface area contributed by atoms with Crippen LogP contribution in [0.1, 0.15) is 22.9 Å². The summed E-state index contributed by atoms with van der Waals surface area (Å²) in [6, 6.07) is 9.76. The largest absolute Gasteiger partial charge is 0.369 e. The van der Waals surface area contributed by atoms with Gasteiger partial charge in [-0.05, 0) is 41.6 Å². The predicted molar refractivity (Wildman–Crippen MR) is 81.7 cm³/mol. The minimum atomic E-state index is 0.491. The van der Waals surface area contributed by atoms with Crippen molar-refractivity contribution >= 4 is 28.3 Å². The summed E-state index contributed by atoms with van der Waals surface area (Å²) in [6.07, 6.45) is 1.01. The van der Waals surface area contributed by atoms with Crippen LogP contribution in [0.4, 0.5) is 5.95 Å². The molecule has 0 spiro atoms. The van der Waals surface area contributed by atoms with Crippen LogP contribution in [0.15, 0.2) is 29.6 Å². The Morgan fingerprint density at radius 3 is 3.00 bits per heavy atom. The Morgan fingerprint density at radius 1 is 1.40 bits per heavy atom. The lowest BCUT2D eigenvalue weighted by molar-refractivity contribution is 0.841. The molecule has 5 heteroatoms. The van der Waals surface area contributed by atoms with Crippen LogP contribution in [-0.4, -0.2) is 9.55 Å². The number of nitriles is 1. The lowest BCUT2D eigenvalue weighted by Crippen LogP contribution is -2.04. The second kappa shape index (κ2) is 4.99. The van der Waals surface area contributed by atoms with Crippen molar-refractivity contribution in [1.29, 1.82) is 5.26 Å². The number of thiophene rings is 1. The number of nitrogen functional groups attached to an aromatic ring is 1. The summed E-state index contributed by atoms with van der Waals surface area (Å²) in [4.78, 5) is 5.65. The van der Waals surface area contributed by atoms with Crippen LogP contribution in [0.3, 0.4) is 0 Å². The smallest absolute Gasteiger partial charge is 0.201 e. The van der Waals surface area contributed by atoms with Gasteiger partial charge in [0.1, 0.15) is 0 Å². The van der Waals surface area contributed by atoms with E-state index < -0.39 is 0 Å². The Labute approximate surface area is 121 Å². The van der Waals surface area contributed by atoms with Crippen LogP contribution in [0.2, 0.25) is 0 Å². The highest BCUT2D eigenvalue weighted by Gasteiger charge is 2.11. The molecule has 20 heavy (non-hydrogen) atoms. The first kappa shape index (κ1) is 12.7. The van der Waals surface area contributed by atoms with E-state index in [1.807, 2.05) is 16.7 Å². The van der Waals surface area contributed by atoms with Gasteiger partial charge in [0.25, 0.3) is 0 Å². The van der Waals surface area contributed by atoms with Crippen molar-refractivity contribution in [3.05, 3.63) is 45.6 Å². The molecule has 0 fully saturated rings. The molecule has 1 aromatic carbocycles. The molecule has 3 rings (SSSR count). The van der Waals surface area contributed by atoms with Crippen LogP contribution in [0.5, 0.6) is 0 Å². The third-order valence-corrected chi connectivity index (χ3v) is 4.38. The predicted octanol–water partition coefficient (Wildman–Crippen LogP) is 3.16. The molecule has 0 aliphatic heterocycles. The molecular formula is C15H14N4S. The van der Waals surface area contributed by atoms with Gasteiger partial charge < -0.3 is 10.3 Å². The van der Waals surface area contributed by atoms with Gasteiger partial charge in [-0.3, -0.25) is 0 Å². The van der Waals surface area contributed by atoms with Crippen LogP contribution in [-0.2, 0) is 13.0 Å². The molecule has 0 unspecified atom stereocenters. The van der Waals surface area contributed by atoms with E-state index in [4.69, 9.17) is 11.0 Å². The monoisotopic (exact) mass is 282 g/mol. The van der Waals surface area contributed by atoms with Gasteiger partial charge in [0, 0.05) is 4.88 Å². The van der Waals surface area contributed by atoms with Crippen molar-refractivity contribution in [2.24, 2.45) is 0 Å². The molecule has 100 valence electrons. The number of fused-ring (bicyclic) bond motifs is 1. The number of hydrogen-bond donors (Lipinski definition) is 1. The van der Waals surface area contributed by atoms with Crippen LogP contribution in [0, 0.1) is 11.3 Å². The molecule has 0 radical (unpaired) electrons. The van der Waals surface area contributed by atoms with Crippen LogP contribution < -0.4 is 5.73 Å². The van der Waals surface area contributed by atoms with Crippen molar-refractivity contribution < 1.29 is 0 Å². The molecular weight excluding hydrogens is 268 g/mol. The maximum atomic E-state index is 9.02. The van der Waals surface area contributed by atoms with Gasteiger partial charge in [-0.15, -0.1) is 11.3 Å². The second-order valence-electron chi connectivity index (χ2n) is 4.59. The van der Waals surface area contributed by atoms with Gasteiger partial charge in [0.15, 0.2) is 0 Å². The highest BCUT2D eigenvalue weighted by atomic mass is 32.1. The van der Waals surface area contributed by atoms with E-state index >= 15 is 0 Å². The fourth-order valence-electron chi connectivity index (χ4n) is 2.34. The fourth-order valence-corrected chi connectivity index (χ4v) is 3.31. The highest BCUT2D eigenvalue weighted by molar-refractivity contribution is 7.10. The Kier molecular flexibility index (Phi) is 3.17. The number of benzene rings is 1. The molecule has 3 aromatic rings. The number of aromatic nitrogens is 2. The first-order valence-corrected chi connectivity index (χ1v) is 7.32. The number of nitrogens with zero attached hydrogens (tertiary/aromatic N) is 3. The van der Waals surface area contributed by atoms with Crippen molar-refractivity contribution in [2.45, 2.75) is 19.9 Å². The van der Waals surface area contributed by atoms with E-state index in [-0.39, 0.29) is 0 Å². The molecule has 4 nitrogen and oxygen atoms in total. The number of anilines is 1. The fraction of sp³-hybridized carbons (Fsp3) is 0.200. The van der Waals surface area contributed by atoms with Crippen molar-refractivity contribution in [1.82, 2.24) is 9.55 Å². The number of aryl methyl sites for hydroxylation is 1. The normalized spacial score (nSPS) is 10.8. The van der Waals surface area contributed by atoms with Gasteiger partial charge in [0.2, 0.25) is 5.95 Å². The Hall–Kier alpha value is -2.32. The van der Waals surface area contributed by atoms with E-state index in [2.05, 4.69) is 29.4 Å². The van der Waals surface area contributed by atoms with Crippen LogP contribution >= 0.6 is 11.3 Å². The number of imidazole rings is 1. The van der Waals surface area contributed by atoms with Gasteiger partial charge in [-0.25, -0.2) is 4.98 Å². The molecule has 0 atom stereocenters. The van der Waals surface area contributed by atoms with E-state index in [0.717, 1.165) is 17.5 Å². The van der Waals surface area contributed by atoms with E-state index in [9.17, 15) is 0 Å². The zero-order valence-electron chi connectivity index (χ0n) is 11.1. The van der Waals surface area contributed by atoms with Gasteiger partial charge >= 0.3 is 0 Å². The number of hydrogen-bond acceptors (Lipinski definition) is 4. The van der Waals surface area contributed by atoms with E-state index in [1.165, 1.54) is 10.4 Å². The average Bonchev–Trinajstić information content (AvgIpc) is 3.03. The minimum absolute atomic E-state index is 0.491. The second-order valence-corrected chi connectivity index (χ2v) is 5.59. The zero-order chi connectivity index (χ0) is 14.1. The molecule has 0 aliphatic carbocycles. The van der Waals surface area contributed by atoms with Crippen molar-refractivity contribution in [3.8, 4) is 6.07 Å². The summed E-state index contributed by atoms with van der Waals surface area (Å²) < 4.78 is 1.97. The standard InChI is InChI=1S/C15H14N4S/c1-2-11-5-6-20-14(11)9-19-13-7-10(8-16)3-4-12(13)18-15(19)17/h3-7H,2,9H2,1H3,(H2,17,18). The van der Waals surface area contributed by atoms with Gasteiger partial charge in [-0.1, -0.05) is 6.92 Å². The van der Waals surface area contributed by atoms with Crippen molar-refractivity contribution in [2.75, 3.05) is 5.73 Å². The topological polar surface area (TPSA) is 67.6 Å². The molecule has 0 saturated carbocycles. The lowest BCUT2D eigenvalue weighted by atomic mass is 10.2. The van der Waals surface area contributed by atoms with Gasteiger partial charge in [-0.2, -0.15) is 5.26 Å². The van der Waals surface area contributed by atoms with E-state index in [0.29, 0.717) is 18.1 Å². The summed E-state index contributed by atoms with van der Waals surface area (Å²) in [5, 5.41) is 11.1. The maximum Gasteiger partial charge on any atom is 0.201 e. The van der Waals surface area contributed by atoms with Gasteiger partial charge in [0.05, 0.1) is 29.2 Å². The average molecular weight is 282 g/mol. The summed E-state index contributed by atoms with van der Waals surface area (Å²) in [5.74, 6) is 0.491. The maximum absolute atomic E-state index is 9.02. The lowest BCUT2D eigenvalue weighted by Gasteiger charge is -2.07. The molecule has 2 N–H and O–H groups in total. The summed E-state index contributed by atoms with van der Waals surface area (Å²) in [5.41, 5.74) is 9.74. The Bertz CT molecular complexity index is 807. The minimum Gasteiger partial charge on any atom is -0.369 e. The SMILES string of the molecule is CCc1ccsc1Cn1c(N)nc2ccc(C#N)cc21. The Balaban J connectivity index is 2.11. The molecule has 2 heterocycles. The first-order valence-electron chi connectivity index (χ1n) is 6.44. The zero-order valence-corrected chi connectivity index (χ0v) is 11.9. The molecule has 0 bridgehead atoms. The molecule has 0 saturated heterocycles. The number of rotatable bonds is 3. The first-order chi connectivity index (χ1) is 9.72. The van der Waals surface area contributed by atoms with Crippen LogP contribution in [0.25, 0.3) is 11.0 Å². The quantitative estimate of drug-likeness (QED) is 0.802. The highest BCUT2D eigenvalue weighted by Crippen LogP contribution is 2.24. The third-order valence-electron chi connectivity index (χ3n) is 3.43. The molecule has 0 amide bonds. The summed E-state index contributed by atoms with van der Waals surface area (Å²) in [7, 11) is 0. The summed E-state index contributed by atoms with van der Waals surface area (Å²) >= 11 is 1.73. The van der Waals surface area contributed by atoms with E-state index in [1.54, 1.807) is 17.4 Å². The summed E-state index contributed by atoms with van der Waals surface area (Å²) in [6.45, 7) is 2.85. The molecule has 2 aromatic heterocycles. The number of nitrogens with two attached hydrogens (primary N) is 1. The van der Waals surface area contributed by atoms with Crippen molar-refractivity contribution in [3.63, 3.8) is 0 Å². The third kappa shape index (κ3) is 2.04. The molecule has 0 aliphatic rings.